The van der Waals surface area contributed by atoms with Crippen molar-refractivity contribution in [3.8, 4) is 11.8 Å². The maximum Gasteiger partial charge on any atom is 0.339 e. The fraction of sp³-hybridized carbons (Fsp3) is 0.200. The van der Waals surface area contributed by atoms with Crippen molar-refractivity contribution in [2.75, 3.05) is 0 Å². The Hall–Kier alpha value is -2.74. The van der Waals surface area contributed by atoms with Gasteiger partial charge in [-0.15, -0.1) is 0 Å². The predicted octanol–water partition coefficient (Wildman–Crippen LogP) is 2.93. The van der Waals surface area contributed by atoms with Gasteiger partial charge in [0.25, 0.3) is 0 Å². The zero-order chi connectivity index (χ0) is 14.5. The molecule has 0 spiro atoms. The fourth-order valence-corrected chi connectivity index (χ4v) is 1.78. The van der Waals surface area contributed by atoms with Crippen LogP contribution in [0.25, 0.3) is 0 Å². The first-order valence-corrected chi connectivity index (χ1v) is 6.01. The van der Waals surface area contributed by atoms with Crippen LogP contribution in [0.2, 0.25) is 0 Å². The highest BCUT2D eigenvalue weighted by Gasteiger charge is 2.13. The van der Waals surface area contributed by atoms with Gasteiger partial charge >= 0.3 is 5.97 Å². The number of aryl methyl sites for hydroxylation is 1. The molecule has 102 valence electrons. The predicted molar refractivity (Wildman–Crippen MR) is 70.5 cm³/mol. The monoisotopic (exact) mass is 271 g/mol. The summed E-state index contributed by atoms with van der Waals surface area (Å²) in [5, 5.41) is 17.5. The first kappa shape index (κ1) is 13.7. The molecule has 20 heavy (non-hydrogen) atoms. The number of hydrogen-bond acceptors (Lipinski definition) is 4. The van der Waals surface area contributed by atoms with Crippen LogP contribution in [0.3, 0.4) is 0 Å². The molecule has 0 aliphatic rings. The zero-order valence-electron chi connectivity index (χ0n) is 10.9. The molecule has 1 aromatic heterocycles. The normalized spacial score (nSPS) is 10.0. The molecule has 0 fully saturated rings. The van der Waals surface area contributed by atoms with E-state index in [1.165, 1.54) is 6.07 Å². The average molecular weight is 271 g/mol. The molecule has 0 aliphatic heterocycles. The number of carboxylic acid groups (broad SMARTS) is 1. The van der Waals surface area contributed by atoms with Gasteiger partial charge in [0, 0.05) is 0 Å². The van der Waals surface area contributed by atoms with Crippen molar-refractivity contribution in [2.45, 2.75) is 20.0 Å². The van der Waals surface area contributed by atoms with E-state index in [9.17, 15) is 4.79 Å². The number of hydrogen-bond donors (Lipinski definition) is 1. The van der Waals surface area contributed by atoms with Crippen LogP contribution in [0.15, 0.2) is 34.7 Å². The Morgan fingerprint density at radius 2 is 2.10 bits per heavy atom. The molecule has 0 saturated heterocycles. The molecule has 0 atom stereocenters. The third kappa shape index (κ3) is 3.18. The summed E-state index contributed by atoms with van der Waals surface area (Å²) in [6, 6.07) is 10.7. The van der Waals surface area contributed by atoms with Gasteiger partial charge in [-0.05, 0) is 30.7 Å². The Kier molecular flexibility index (Phi) is 4.06. The minimum Gasteiger partial charge on any atom is -0.486 e. The summed E-state index contributed by atoms with van der Waals surface area (Å²) in [5.74, 6) is 0.442. The van der Waals surface area contributed by atoms with Crippen molar-refractivity contribution in [1.29, 1.82) is 5.26 Å². The number of carbonyl (C=O) groups is 1. The molecule has 1 N–H and O–H groups in total. The minimum atomic E-state index is -1.02. The summed E-state index contributed by atoms with van der Waals surface area (Å²) >= 11 is 0. The van der Waals surface area contributed by atoms with Crippen LogP contribution in [0.4, 0.5) is 0 Å². The third-order valence-corrected chi connectivity index (χ3v) is 2.79. The lowest BCUT2D eigenvalue weighted by atomic mass is 10.2. The number of ether oxygens (including phenoxy) is 1. The van der Waals surface area contributed by atoms with E-state index in [-0.39, 0.29) is 12.2 Å². The lowest BCUT2D eigenvalue weighted by Crippen LogP contribution is -1.96. The summed E-state index contributed by atoms with van der Waals surface area (Å²) in [4.78, 5) is 10.9. The maximum atomic E-state index is 10.9. The number of rotatable bonds is 5. The molecule has 0 unspecified atom stereocenters. The van der Waals surface area contributed by atoms with E-state index in [2.05, 4.69) is 6.07 Å². The molecule has 5 heteroatoms. The van der Waals surface area contributed by atoms with Crippen molar-refractivity contribution < 1.29 is 19.1 Å². The number of nitrogens with zero attached hydrogens (tertiary/aromatic N) is 1. The molecular formula is C15H13NO4. The molecule has 5 nitrogen and oxygen atoms in total. The molecule has 0 bridgehead atoms. The molecule has 0 aliphatic carbocycles. The summed E-state index contributed by atoms with van der Waals surface area (Å²) in [5.41, 5.74) is 1.06. The molecular weight excluding hydrogens is 258 g/mol. The van der Waals surface area contributed by atoms with Crippen molar-refractivity contribution in [1.82, 2.24) is 0 Å². The van der Waals surface area contributed by atoms with Crippen LogP contribution < -0.4 is 4.74 Å². The smallest absolute Gasteiger partial charge is 0.339 e. The van der Waals surface area contributed by atoms with E-state index in [4.69, 9.17) is 19.5 Å². The van der Waals surface area contributed by atoms with Crippen molar-refractivity contribution >= 4 is 5.97 Å². The van der Waals surface area contributed by atoms with E-state index in [1.807, 2.05) is 12.1 Å². The van der Waals surface area contributed by atoms with Gasteiger partial charge in [0.1, 0.15) is 29.4 Å². The van der Waals surface area contributed by atoms with Crippen molar-refractivity contribution in [3.05, 3.63) is 53.0 Å². The van der Waals surface area contributed by atoms with Crippen LogP contribution >= 0.6 is 0 Å². The van der Waals surface area contributed by atoms with Gasteiger partial charge in [-0.2, -0.15) is 5.26 Å². The summed E-state index contributed by atoms with van der Waals surface area (Å²) in [6.07, 6.45) is 0.361. The van der Waals surface area contributed by atoms with E-state index in [0.717, 1.165) is 5.56 Å². The highest BCUT2D eigenvalue weighted by molar-refractivity contribution is 5.88. The van der Waals surface area contributed by atoms with E-state index in [1.54, 1.807) is 19.1 Å². The zero-order valence-corrected chi connectivity index (χ0v) is 10.9. The summed E-state index contributed by atoms with van der Waals surface area (Å²) < 4.78 is 10.8. The van der Waals surface area contributed by atoms with Crippen LogP contribution in [-0.2, 0) is 13.0 Å². The second kappa shape index (κ2) is 5.93. The van der Waals surface area contributed by atoms with E-state index in [0.29, 0.717) is 23.7 Å². The summed E-state index contributed by atoms with van der Waals surface area (Å²) in [7, 11) is 0. The molecule has 0 radical (unpaired) electrons. The Bertz CT molecular complexity index is 650. The highest BCUT2D eigenvalue weighted by atomic mass is 16.5. The second-order valence-corrected chi connectivity index (χ2v) is 4.26. The number of nitriles is 1. The lowest BCUT2D eigenvalue weighted by molar-refractivity contribution is 0.0695. The average Bonchev–Trinajstić information content (AvgIpc) is 2.80. The highest BCUT2D eigenvalue weighted by Crippen LogP contribution is 2.18. The van der Waals surface area contributed by atoms with Gasteiger partial charge in [0.05, 0.1) is 12.5 Å². The van der Waals surface area contributed by atoms with Crippen LogP contribution in [0.1, 0.15) is 27.4 Å². The molecule has 2 rings (SSSR count). The van der Waals surface area contributed by atoms with Gasteiger partial charge in [-0.1, -0.05) is 12.1 Å². The maximum absolute atomic E-state index is 10.9. The number of aromatic carboxylic acids is 1. The molecule has 0 saturated carbocycles. The SMILES string of the molecule is Cc1oc(COc2ccc(CC#N)cc2)cc1C(=O)O. The lowest BCUT2D eigenvalue weighted by Gasteiger charge is -2.04. The van der Waals surface area contributed by atoms with E-state index < -0.39 is 5.97 Å². The van der Waals surface area contributed by atoms with Gasteiger partial charge < -0.3 is 14.3 Å². The Balaban J connectivity index is 2.00. The third-order valence-electron chi connectivity index (χ3n) is 2.79. The van der Waals surface area contributed by atoms with Gasteiger partial charge in [0.2, 0.25) is 0 Å². The van der Waals surface area contributed by atoms with Crippen molar-refractivity contribution in [2.24, 2.45) is 0 Å². The largest absolute Gasteiger partial charge is 0.486 e. The molecule has 1 aromatic carbocycles. The fourth-order valence-electron chi connectivity index (χ4n) is 1.78. The standard InChI is InChI=1S/C15H13NO4/c1-10-14(15(17)18)8-13(20-10)9-19-12-4-2-11(3-5-12)6-7-16/h2-5,8H,6,9H2,1H3,(H,17,18). The quantitative estimate of drug-likeness (QED) is 0.903. The van der Waals surface area contributed by atoms with Crippen LogP contribution in [-0.4, -0.2) is 11.1 Å². The first-order valence-electron chi connectivity index (χ1n) is 6.01. The Labute approximate surface area is 116 Å². The number of carboxylic acids is 1. The van der Waals surface area contributed by atoms with Crippen LogP contribution in [0, 0.1) is 18.3 Å². The minimum absolute atomic E-state index is 0.146. The number of furan rings is 1. The van der Waals surface area contributed by atoms with Crippen molar-refractivity contribution in [3.63, 3.8) is 0 Å². The Morgan fingerprint density at radius 3 is 2.65 bits per heavy atom. The molecule has 2 aromatic rings. The number of benzene rings is 1. The Morgan fingerprint density at radius 1 is 1.40 bits per heavy atom. The molecule has 0 amide bonds. The summed E-state index contributed by atoms with van der Waals surface area (Å²) in [6.45, 7) is 1.76. The first-order chi connectivity index (χ1) is 9.60. The van der Waals surface area contributed by atoms with Gasteiger partial charge in [-0.3, -0.25) is 0 Å². The van der Waals surface area contributed by atoms with Gasteiger partial charge in [-0.25, -0.2) is 4.79 Å². The van der Waals surface area contributed by atoms with E-state index >= 15 is 0 Å². The molecule has 1 heterocycles. The van der Waals surface area contributed by atoms with Gasteiger partial charge in [0.15, 0.2) is 0 Å². The van der Waals surface area contributed by atoms with Crippen LogP contribution in [0.5, 0.6) is 5.75 Å². The second-order valence-electron chi connectivity index (χ2n) is 4.26. The topological polar surface area (TPSA) is 83.5 Å².